The Bertz CT molecular complexity index is 524. The minimum Gasteiger partial charge on any atom is -0.352 e. The van der Waals surface area contributed by atoms with Crippen LogP contribution in [0.25, 0.3) is 0 Å². The predicted octanol–water partition coefficient (Wildman–Crippen LogP) is -0.352. The molecule has 1 aliphatic heterocycles. The number of hydrogen-bond acceptors (Lipinski definition) is 5. The van der Waals surface area contributed by atoms with Gasteiger partial charge in [0.15, 0.2) is 0 Å². The molecule has 3 fully saturated rings. The molecule has 0 radical (unpaired) electrons. The monoisotopic (exact) mass is 351 g/mol. The number of rotatable bonds is 6. The van der Waals surface area contributed by atoms with E-state index in [1.807, 2.05) is 13.8 Å². The molecule has 25 heavy (non-hydrogen) atoms. The van der Waals surface area contributed by atoms with Crippen LogP contribution in [-0.2, 0) is 9.59 Å². The highest BCUT2D eigenvalue weighted by molar-refractivity contribution is 5.97. The minimum absolute atomic E-state index is 0.0958. The Kier molecular flexibility index (Phi) is 5.58. The summed E-state index contributed by atoms with van der Waals surface area (Å²) in [6, 6.07) is -0.293. The summed E-state index contributed by atoms with van der Waals surface area (Å²) in [6.07, 6.45) is 4.16. The summed E-state index contributed by atoms with van der Waals surface area (Å²) >= 11 is 0. The van der Waals surface area contributed by atoms with Gasteiger partial charge < -0.3 is 10.6 Å². The number of urea groups is 1. The number of nitrogens with zero attached hydrogens (tertiary/aromatic N) is 2. The van der Waals surface area contributed by atoms with Crippen LogP contribution in [0.2, 0.25) is 0 Å². The lowest BCUT2D eigenvalue weighted by Crippen LogP contribution is -2.58. The van der Waals surface area contributed by atoms with Crippen molar-refractivity contribution >= 4 is 17.8 Å². The Balaban J connectivity index is 1.40. The van der Waals surface area contributed by atoms with Gasteiger partial charge in [-0.3, -0.25) is 24.7 Å². The van der Waals surface area contributed by atoms with E-state index in [0.717, 1.165) is 38.8 Å². The topological polar surface area (TPSA) is 93.8 Å². The van der Waals surface area contributed by atoms with Crippen LogP contribution in [0.15, 0.2) is 0 Å². The number of imide groups is 1. The maximum Gasteiger partial charge on any atom is 0.321 e. The number of carbonyl (C=O) groups excluding carboxylic acids is 3. The first-order chi connectivity index (χ1) is 11.9. The molecule has 0 spiro atoms. The maximum absolute atomic E-state index is 12.2. The second-order valence-corrected chi connectivity index (χ2v) is 7.44. The molecule has 1 saturated heterocycles. The molecule has 2 atom stereocenters. The van der Waals surface area contributed by atoms with E-state index in [1.54, 1.807) is 0 Å². The molecule has 140 valence electrons. The summed E-state index contributed by atoms with van der Waals surface area (Å²) in [4.78, 5) is 40.3. The lowest BCUT2D eigenvalue weighted by molar-refractivity contribution is -0.129. The van der Waals surface area contributed by atoms with Crippen molar-refractivity contribution in [2.24, 2.45) is 0 Å². The molecule has 3 aliphatic rings. The second kappa shape index (κ2) is 7.70. The summed E-state index contributed by atoms with van der Waals surface area (Å²) in [5.74, 6) is -0.176. The van der Waals surface area contributed by atoms with Gasteiger partial charge in [-0.05, 0) is 39.5 Å². The predicted molar refractivity (Wildman–Crippen MR) is 92.9 cm³/mol. The van der Waals surface area contributed by atoms with Crippen LogP contribution in [-0.4, -0.2) is 78.0 Å². The summed E-state index contributed by atoms with van der Waals surface area (Å²) in [5, 5.41) is 8.22. The molecule has 0 aromatic rings. The Labute approximate surface area is 148 Å². The van der Waals surface area contributed by atoms with Gasteiger partial charge in [-0.15, -0.1) is 0 Å². The molecule has 8 heteroatoms. The first-order valence-corrected chi connectivity index (χ1v) is 9.34. The standard InChI is InChI=1S/C17H29N5O3/c1-11(15(23)18-13-3-4-13)21-7-9-22(10-8-21)12(2)16(24)20-17(25)19-14-5-6-14/h11-14H,3-10H2,1-2H3,(H,18,23)(H2,19,20,24,25)/t11-,12-/m0/s1. The molecule has 0 unspecified atom stereocenters. The number of hydrogen-bond donors (Lipinski definition) is 3. The van der Waals surface area contributed by atoms with Crippen molar-refractivity contribution in [2.75, 3.05) is 26.2 Å². The summed E-state index contributed by atoms with van der Waals surface area (Å²) in [6.45, 7) is 6.65. The fourth-order valence-electron chi connectivity index (χ4n) is 3.06. The maximum atomic E-state index is 12.2. The van der Waals surface area contributed by atoms with E-state index >= 15 is 0 Å². The van der Waals surface area contributed by atoms with E-state index in [9.17, 15) is 14.4 Å². The lowest BCUT2D eigenvalue weighted by atomic mass is 10.1. The average Bonchev–Trinajstić information content (AvgIpc) is 3.50. The highest BCUT2D eigenvalue weighted by Gasteiger charge is 2.32. The van der Waals surface area contributed by atoms with Gasteiger partial charge in [0.25, 0.3) is 0 Å². The van der Waals surface area contributed by atoms with E-state index < -0.39 is 6.03 Å². The van der Waals surface area contributed by atoms with Crippen molar-refractivity contribution in [3.05, 3.63) is 0 Å². The second-order valence-electron chi connectivity index (χ2n) is 7.44. The molecule has 0 bridgehead atoms. The number of piperazine rings is 1. The summed E-state index contributed by atoms with van der Waals surface area (Å²) in [5.41, 5.74) is 0. The Morgan fingerprint density at radius 2 is 1.20 bits per heavy atom. The number of carbonyl (C=O) groups is 3. The van der Waals surface area contributed by atoms with Gasteiger partial charge in [0, 0.05) is 38.3 Å². The molecular formula is C17H29N5O3. The molecule has 8 nitrogen and oxygen atoms in total. The Hall–Kier alpha value is -1.67. The normalized spacial score (nSPS) is 24.2. The van der Waals surface area contributed by atoms with Crippen molar-refractivity contribution in [3.63, 3.8) is 0 Å². The van der Waals surface area contributed by atoms with E-state index in [2.05, 4.69) is 25.8 Å². The largest absolute Gasteiger partial charge is 0.352 e. The van der Waals surface area contributed by atoms with Crippen LogP contribution in [0.5, 0.6) is 0 Å². The highest BCUT2D eigenvalue weighted by Crippen LogP contribution is 2.19. The molecule has 3 N–H and O–H groups in total. The Morgan fingerprint density at radius 1 is 0.760 bits per heavy atom. The molecule has 2 aliphatic carbocycles. The molecular weight excluding hydrogens is 322 g/mol. The van der Waals surface area contributed by atoms with Crippen LogP contribution >= 0.6 is 0 Å². The van der Waals surface area contributed by atoms with Gasteiger partial charge in [0.2, 0.25) is 11.8 Å². The van der Waals surface area contributed by atoms with Crippen LogP contribution in [0.3, 0.4) is 0 Å². The van der Waals surface area contributed by atoms with Crippen molar-refractivity contribution < 1.29 is 14.4 Å². The van der Waals surface area contributed by atoms with Crippen molar-refractivity contribution in [1.82, 2.24) is 25.8 Å². The average molecular weight is 351 g/mol. The van der Waals surface area contributed by atoms with E-state index in [1.165, 1.54) is 0 Å². The third-order valence-electron chi connectivity index (χ3n) is 5.28. The molecule has 3 rings (SSSR count). The summed E-state index contributed by atoms with van der Waals surface area (Å²) in [7, 11) is 0. The molecule has 0 aromatic carbocycles. The SMILES string of the molecule is C[C@@H](C(=O)NC(=O)NC1CC1)N1CCN([C@@H](C)C(=O)NC2CC2)CC1. The van der Waals surface area contributed by atoms with Crippen molar-refractivity contribution in [3.8, 4) is 0 Å². The van der Waals surface area contributed by atoms with Gasteiger partial charge in [0.05, 0.1) is 12.1 Å². The minimum atomic E-state index is -0.400. The third kappa shape index (κ3) is 5.15. The lowest BCUT2D eigenvalue weighted by Gasteiger charge is -2.39. The van der Waals surface area contributed by atoms with E-state index in [0.29, 0.717) is 19.1 Å². The van der Waals surface area contributed by atoms with Crippen molar-refractivity contribution in [1.29, 1.82) is 0 Å². The summed E-state index contributed by atoms with van der Waals surface area (Å²) < 4.78 is 0. The number of amides is 4. The molecule has 4 amide bonds. The molecule has 0 aromatic heterocycles. The van der Waals surface area contributed by atoms with Crippen LogP contribution < -0.4 is 16.0 Å². The van der Waals surface area contributed by atoms with Crippen LogP contribution in [0, 0.1) is 0 Å². The third-order valence-corrected chi connectivity index (χ3v) is 5.28. The zero-order chi connectivity index (χ0) is 18.0. The van der Waals surface area contributed by atoms with Gasteiger partial charge in [-0.1, -0.05) is 0 Å². The van der Waals surface area contributed by atoms with Gasteiger partial charge in [-0.25, -0.2) is 4.79 Å². The van der Waals surface area contributed by atoms with Crippen LogP contribution in [0.1, 0.15) is 39.5 Å². The first kappa shape index (κ1) is 18.1. The number of nitrogens with one attached hydrogen (secondary N) is 3. The quantitative estimate of drug-likeness (QED) is 0.608. The fraction of sp³-hybridized carbons (Fsp3) is 0.824. The highest BCUT2D eigenvalue weighted by atomic mass is 16.2. The fourth-order valence-corrected chi connectivity index (χ4v) is 3.06. The zero-order valence-corrected chi connectivity index (χ0v) is 15.1. The first-order valence-electron chi connectivity index (χ1n) is 9.34. The van der Waals surface area contributed by atoms with Crippen LogP contribution in [0.4, 0.5) is 4.79 Å². The van der Waals surface area contributed by atoms with Gasteiger partial charge in [-0.2, -0.15) is 0 Å². The zero-order valence-electron chi connectivity index (χ0n) is 15.1. The van der Waals surface area contributed by atoms with E-state index in [-0.39, 0.29) is 29.9 Å². The van der Waals surface area contributed by atoms with Gasteiger partial charge in [0.1, 0.15) is 0 Å². The van der Waals surface area contributed by atoms with Crippen molar-refractivity contribution in [2.45, 2.75) is 63.7 Å². The Morgan fingerprint density at radius 3 is 1.68 bits per heavy atom. The smallest absolute Gasteiger partial charge is 0.321 e. The van der Waals surface area contributed by atoms with Gasteiger partial charge >= 0.3 is 6.03 Å². The molecule has 1 heterocycles. The van der Waals surface area contributed by atoms with E-state index in [4.69, 9.17) is 0 Å². The molecule has 2 saturated carbocycles.